The van der Waals surface area contributed by atoms with Crippen LogP contribution in [0, 0.1) is 6.92 Å². The van der Waals surface area contributed by atoms with Crippen LogP contribution in [0.5, 0.6) is 11.5 Å². The van der Waals surface area contributed by atoms with Gasteiger partial charge in [-0.2, -0.15) is 0 Å². The van der Waals surface area contributed by atoms with Crippen LogP contribution in [-0.2, 0) is 0 Å². The number of phenolic OH excluding ortho intramolecular Hbond substituents is 1. The van der Waals surface area contributed by atoms with Crippen molar-refractivity contribution >= 4 is 16.7 Å². The van der Waals surface area contributed by atoms with Crippen LogP contribution in [0.15, 0.2) is 36.4 Å². The molecule has 1 atom stereocenters. The van der Waals surface area contributed by atoms with Crippen molar-refractivity contribution < 1.29 is 9.84 Å². The van der Waals surface area contributed by atoms with Gasteiger partial charge in [0.25, 0.3) is 0 Å². The van der Waals surface area contributed by atoms with E-state index < -0.39 is 0 Å². The predicted octanol–water partition coefficient (Wildman–Crippen LogP) is 3.12. The zero-order valence-electron chi connectivity index (χ0n) is 11.6. The van der Waals surface area contributed by atoms with Crippen LogP contribution in [0.2, 0.25) is 0 Å². The highest BCUT2D eigenvalue weighted by atomic mass is 16.5. The number of aromatic hydroxyl groups is 1. The molecule has 3 aromatic rings. The fourth-order valence-electron chi connectivity index (χ4n) is 2.75. The monoisotopic (exact) mass is 281 g/mol. The number of benzene rings is 2. The molecular formula is C16H15N3O2. The number of aryl methyl sites for hydroxylation is 1. The molecular weight excluding hydrogens is 266 g/mol. The fraction of sp³-hybridized carbons (Fsp3) is 0.188. The lowest BCUT2D eigenvalue weighted by Crippen LogP contribution is -2.11. The van der Waals surface area contributed by atoms with Gasteiger partial charge in [-0.15, -0.1) is 0 Å². The first-order valence-corrected chi connectivity index (χ1v) is 6.88. The molecule has 0 saturated heterocycles. The van der Waals surface area contributed by atoms with Crippen LogP contribution in [0.25, 0.3) is 11.0 Å². The van der Waals surface area contributed by atoms with Gasteiger partial charge in [-0.05, 0) is 37.3 Å². The van der Waals surface area contributed by atoms with Gasteiger partial charge in [-0.25, -0.2) is 4.98 Å². The van der Waals surface area contributed by atoms with Crippen molar-refractivity contribution in [3.05, 3.63) is 47.8 Å². The first-order valence-electron chi connectivity index (χ1n) is 6.88. The summed E-state index contributed by atoms with van der Waals surface area (Å²) in [6.07, 6.45) is 0. The Balaban J connectivity index is 1.64. The van der Waals surface area contributed by atoms with Crippen LogP contribution in [0.1, 0.15) is 17.4 Å². The average Bonchev–Trinajstić information content (AvgIpc) is 3.01. The van der Waals surface area contributed by atoms with Crippen LogP contribution < -0.4 is 10.1 Å². The van der Waals surface area contributed by atoms with Crippen molar-refractivity contribution in [2.45, 2.75) is 13.0 Å². The Hall–Kier alpha value is -2.69. The summed E-state index contributed by atoms with van der Waals surface area (Å²) in [6.45, 7) is 2.50. The van der Waals surface area contributed by atoms with Crippen molar-refractivity contribution in [2.24, 2.45) is 0 Å². The first kappa shape index (κ1) is 12.1. The molecule has 5 heteroatoms. The topological polar surface area (TPSA) is 70.2 Å². The van der Waals surface area contributed by atoms with E-state index in [0.717, 1.165) is 33.9 Å². The fourth-order valence-corrected chi connectivity index (χ4v) is 2.75. The highest BCUT2D eigenvalue weighted by Gasteiger charge is 2.24. The summed E-state index contributed by atoms with van der Waals surface area (Å²) in [4.78, 5) is 7.63. The minimum atomic E-state index is 0.0852. The number of H-pyrrole nitrogens is 1. The number of nitrogens with one attached hydrogen (secondary N) is 2. The summed E-state index contributed by atoms with van der Waals surface area (Å²) < 4.78 is 5.61. The number of phenols is 1. The van der Waals surface area contributed by atoms with Gasteiger partial charge < -0.3 is 20.1 Å². The standard InChI is InChI=1S/C16H15N3O2/c1-9-17-13-5-2-10(6-14(13)18-9)19-15-8-21-16-7-11(20)3-4-12(15)16/h2-7,15,19-20H,8H2,1H3,(H,17,18). The predicted molar refractivity (Wildman–Crippen MR) is 80.8 cm³/mol. The molecule has 0 saturated carbocycles. The van der Waals surface area contributed by atoms with Gasteiger partial charge in [0, 0.05) is 17.3 Å². The molecule has 0 amide bonds. The molecule has 1 aliphatic heterocycles. The van der Waals surface area contributed by atoms with E-state index in [1.165, 1.54) is 0 Å². The van der Waals surface area contributed by atoms with E-state index in [-0.39, 0.29) is 11.8 Å². The lowest BCUT2D eigenvalue weighted by molar-refractivity contribution is 0.338. The van der Waals surface area contributed by atoms with Crippen LogP contribution in [-0.4, -0.2) is 21.7 Å². The lowest BCUT2D eigenvalue weighted by atomic mass is 10.1. The van der Waals surface area contributed by atoms with Crippen molar-refractivity contribution in [3.8, 4) is 11.5 Å². The second-order valence-corrected chi connectivity index (χ2v) is 5.28. The Morgan fingerprint density at radius 2 is 2.19 bits per heavy atom. The molecule has 0 aliphatic carbocycles. The molecule has 3 N–H and O–H groups in total. The number of aromatic nitrogens is 2. The van der Waals surface area contributed by atoms with Crippen molar-refractivity contribution in [3.63, 3.8) is 0 Å². The van der Waals surface area contributed by atoms with E-state index in [2.05, 4.69) is 15.3 Å². The van der Waals surface area contributed by atoms with E-state index in [4.69, 9.17) is 4.74 Å². The van der Waals surface area contributed by atoms with Gasteiger partial charge >= 0.3 is 0 Å². The lowest BCUT2D eigenvalue weighted by Gasteiger charge is -2.13. The molecule has 5 nitrogen and oxygen atoms in total. The number of hydrogen-bond acceptors (Lipinski definition) is 4. The third-order valence-corrected chi connectivity index (χ3v) is 3.72. The third kappa shape index (κ3) is 2.07. The number of imidazole rings is 1. The minimum Gasteiger partial charge on any atom is -0.508 e. The second kappa shape index (κ2) is 4.41. The maximum atomic E-state index is 9.48. The highest BCUT2D eigenvalue weighted by molar-refractivity contribution is 5.79. The number of anilines is 1. The zero-order valence-corrected chi connectivity index (χ0v) is 11.6. The van der Waals surface area contributed by atoms with Crippen LogP contribution in [0.3, 0.4) is 0 Å². The largest absolute Gasteiger partial charge is 0.508 e. The third-order valence-electron chi connectivity index (χ3n) is 3.72. The van der Waals surface area contributed by atoms with Gasteiger partial charge in [0.1, 0.15) is 23.9 Å². The average molecular weight is 281 g/mol. The summed E-state index contributed by atoms with van der Waals surface area (Å²) in [6, 6.07) is 11.4. The van der Waals surface area contributed by atoms with Gasteiger partial charge in [0.2, 0.25) is 0 Å². The molecule has 0 bridgehead atoms. The molecule has 1 aliphatic rings. The maximum Gasteiger partial charge on any atom is 0.128 e. The van der Waals surface area contributed by atoms with E-state index in [1.807, 2.05) is 31.2 Å². The molecule has 2 heterocycles. The summed E-state index contributed by atoms with van der Waals surface area (Å²) in [5.74, 6) is 1.88. The van der Waals surface area contributed by atoms with E-state index in [1.54, 1.807) is 12.1 Å². The molecule has 1 unspecified atom stereocenters. The zero-order chi connectivity index (χ0) is 14.4. The number of nitrogens with zero attached hydrogens (tertiary/aromatic N) is 1. The smallest absolute Gasteiger partial charge is 0.128 e. The molecule has 21 heavy (non-hydrogen) atoms. The molecule has 1 aromatic heterocycles. The van der Waals surface area contributed by atoms with Gasteiger partial charge in [-0.3, -0.25) is 0 Å². The Morgan fingerprint density at radius 1 is 1.29 bits per heavy atom. The van der Waals surface area contributed by atoms with Gasteiger partial charge in [0.05, 0.1) is 17.1 Å². The number of rotatable bonds is 2. The number of hydrogen-bond donors (Lipinski definition) is 3. The van der Waals surface area contributed by atoms with Gasteiger partial charge in [-0.1, -0.05) is 0 Å². The molecule has 0 fully saturated rings. The van der Waals surface area contributed by atoms with E-state index in [9.17, 15) is 5.11 Å². The van der Waals surface area contributed by atoms with Gasteiger partial charge in [0.15, 0.2) is 0 Å². The quantitative estimate of drug-likeness (QED) is 0.675. The van der Waals surface area contributed by atoms with Crippen molar-refractivity contribution in [2.75, 3.05) is 11.9 Å². The Bertz CT molecular complexity index is 826. The summed E-state index contributed by atoms with van der Waals surface area (Å²) >= 11 is 0. The number of fused-ring (bicyclic) bond motifs is 2. The number of ether oxygens (including phenoxy) is 1. The minimum absolute atomic E-state index is 0.0852. The Labute approximate surface area is 121 Å². The van der Waals surface area contributed by atoms with Crippen molar-refractivity contribution in [1.29, 1.82) is 0 Å². The Kier molecular flexibility index (Phi) is 2.54. The Morgan fingerprint density at radius 3 is 3.10 bits per heavy atom. The molecule has 0 radical (unpaired) electrons. The van der Waals surface area contributed by atoms with Crippen molar-refractivity contribution in [1.82, 2.24) is 9.97 Å². The number of aromatic amines is 1. The normalized spacial score (nSPS) is 16.7. The summed E-state index contributed by atoms with van der Waals surface area (Å²) in [5, 5.41) is 12.9. The SMILES string of the molecule is Cc1nc2ccc(NC3COc4cc(O)ccc43)cc2[nH]1. The van der Waals surface area contributed by atoms with Crippen LogP contribution >= 0.6 is 0 Å². The summed E-state index contributed by atoms with van der Waals surface area (Å²) in [5.41, 5.74) is 4.06. The molecule has 0 spiro atoms. The maximum absolute atomic E-state index is 9.48. The van der Waals surface area contributed by atoms with E-state index >= 15 is 0 Å². The first-order chi connectivity index (χ1) is 10.2. The highest BCUT2D eigenvalue weighted by Crippen LogP contribution is 2.36. The second-order valence-electron chi connectivity index (χ2n) is 5.28. The molecule has 106 valence electrons. The van der Waals surface area contributed by atoms with Crippen LogP contribution in [0.4, 0.5) is 5.69 Å². The van der Waals surface area contributed by atoms with E-state index in [0.29, 0.717) is 6.61 Å². The molecule has 2 aromatic carbocycles. The summed E-state index contributed by atoms with van der Waals surface area (Å²) in [7, 11) is 0. The molecule has 4 rings (SSSR count).